The SMILES string of the molecule is CC(=C[P+](c1ccccc1)(c1ccccc1)c1ccccc1)N/N=C(\C)c1ccccc1. The molecule has 3 heteroatoms. The fourth-order valence-electron chi connectivity index (χ4n) is 3.90. The van der Waals surface area contributed by atoms with Gasteiger partial charge in [-0.1, -0.05) is 84.9 Å². The van der Waals surface area contributed by atoms with E-state index in [1.165, 1.54) is 15.9 Å². The molecule has 2 nitrogen and oxygen atoms in total. The zero-order chi connectivity index (χ0) is 22.2. The lowest BCUT2D eigenvalue weighted by Gasteiger charge is -2.24. The number of rotatable bonds is 7. The summed E-state index contributed by atoms with van der Waals surface area (Å²) in [6.45, 7) is 4.13. The van der Waals surface area contributed by atoms with Gasteiger partial charge in [0.2, 0.25) is 0 Å². The second-order valence-electron chi connectivity index (χ2n) is 7.72. The minimum absolute atomic E-state index is 0.960. The molecule has 4 aromatic rings. The number of benzene rings is 4. The largest absolute Gasteiger partial charge is 0.279 e. The smallest absolute Gasteiger partial charge is 0.138 e. The summed E-state index contributed by atoms with van der Waals surface area (Å²) in [6, 6.07) is 42.7. The summed E-state index contributed by atoms with van der Waals surface area (Å²) in [5, 5.41) is 8.64. The first-order chi connectivity index (χ1) is 15.7. The van der Waals surface area contributed by atoms with E-state index in [0.29, 0.717) is 0 Å². The molecule has 0 saturated heterocycles. The highest BCUT2D eigenvalue weighted by Gasteiger charge is 2.43. The molecule has 0 radical (unpaired) electrons. The average Bonchev–Trinajstić information content (AvgIpc) is 2.88. The second-order valence-corrected chi connectivity index (χ2v) is 11.0. The van der Waals surface area contributed by atoms with Gasteiger partial charge in [-0.2, -0.15) is 5.10 Å². The molecule has 0 fully saturated rings. The summed E-state index contributed by atoms with van der Waals surface area (Å²) in [6.07, 6.45) is 0. The van der Waals surface area contributed by atoms with Gasteiger partial charge in [-0.3, -0.25) is 5.43 Å². The van der Waals surface area contributed by atoms with Gasteiger partial charge in [0.15, 0.2) is 0 Å². The maximum absolute atomic E-state index is 4.68. The van der Waals surface area contributed by atoms with Crippen LogP contribution >= 0.6 is 7.26 Å². The molecule has 0 unspecified atom stereocenters. The molecule has 0 aliphatic rings. The molecule has 4 rings (SSSR count). The van der Waals surface area contributed by atoms with Crippen LogP contribution in [-0.2, 0) is 0 Å². The number of nitrogens with zero attached hydrogens (tertiary/aromatic N) is 1. The fraction of sp³-hybridized carbons (Fsp3) is 0.0690. The molecule has 0 aromatic heterocycles. The monoisotopic (exact) mass is 435 g/mol. The number of allylic oxidation sites excluding steroid dienone is 1. The third-order valence-electron chi connectivity index (χ3n) is 5.47. The Bertz CT molecular complexity index is 1090. The summed E-state index contributed by atoms with van der Waals surface area (Å²) < 4.78 is 0. The molecule has 0 amide bonds. The van der Waals surface area contributed by atoms with E-state index in [2.05, 4.69) is 126 Å². The molecule has 0 spiro atoms. The van der Waals surface area contributed by atoms with Gasteiger partial charge >= 0.3 is 0 Å². The van der Waals surface area contributed by atoms with Crippen LogP contribution in [0.1, 0.15) is 19.4 Å². The first kappa shape index (κ1) is 21.7. The molecule has 0 aliphatic heterocycles. The number of nitrogens with one attached hydrogen (secondary N) is 1. The van der Waals surface area contributed by atoms with Crippen molar-refractivity contribution in [3.63, 3.8) is 0 Å². The summed E-state index contributed by atoms with van der Waals surface area (Å²) in [5.41, 5.74) is 6.43. The zero-order valence-corrected chi connectivity index (χ0v) is 19.4. The number of hydrogen-bond donors (Lipinski definition) is 1. The summed E-state index contributed by atoms with van der Waals surface area (Å²) in [4.78, 5) is 0. The van der Waals surface area contributed by atoms with Crippen molar-refractivity contribution in [3.8, 4) is 0 Å². The van der Waals surface area contributed by atoms with E-state index in [9.17, 15) is 0 Å². The van der Waals surface area contributed by atoms with Crippen molar-refractivity contribution in [1.82, 2.24) is 5.43 Å². The summed E-state index contributed by atoms with van der Waals surface area (Å²) in [7, 11) is -2.04. The lowest BCUT2D eigenvalue weighted by Crippen LogP contribution is -2.30. The molecule has 4 aromatic carbocycles. The highest BCUT2D eigenvalue weighted by molar-refractivity contribution is 7.98. The lowest BCUT2D eigenvalue weighted by atomic mass is 10.1. The van der Waals surface area contributed by atoms with Crippen LogP contribution < -0.4 is 21.3 Å². The Balaban J connectivity index is 1.84. The Kier molecular flexibility index (Phi) is 6.94. The van der Waals surface area contributed by atoms with E-state index in [1.807, 2.05) is 25.1 Å². The van der Waals surface area contributed by atoms with E-state index in [0.717, 1.165) is 17.0 Å². The van der Waals surface area contributed by atoms with Gasteiger partial charge in [0.05, 0.1) is 17.2 Å². The third kappa shape index (κ3) is 4.72. The highest BCUT2D eigenvalue weighted by Crippen LogP contribution is 2.57. The average molecular weight is 436 g/mol. The molecule has 0 bridgehead atoms. The van der Waals surface area contributed by atoms with Crippen LogP contribution in [0, 0.1) is 0 Å². The summed E-state index contributed by atoms with van der Waals surface area (Å²) in [5.74, 6) is 2.40. The Hall–Kier alpha value is -3.48. The Labute approximate surface area is 191 Å². The minimum Gasteiger partial charge on any atom is -0.279 e. The summed E-state index contributed by atoms with van der Waals surface area (Å²) >= 11 is 0. The van der Waals surface area contributed by atoms with Crippen LogP contribution in [0.3, 0.4) is 0 Å². The Morgan fingerprint density at radius 2 is 0.969 bits per heavy atom. The third-order valence-corrected chi connectivity index (χ3v) is 9.58. The number of hydrogen-bond acceptors (Lipinski definition) is 2. The predicted octanol–water partition coefficient (Wildman–Crippen LogP) is 5.86. The zero-order valence-electron chi connectivity index (χ0n) is 18.5. The fourth-order valence-corrected chi connectivity index (χ4v) is 7.80. The normalized spacial score (nSPS) is 12.4. The van der Waals surface area contributed by atoms with Gasteiger partial charge in [-0.05, 0) is 55.8 Å². The van der Waals surface area contributed by atoms with E-state index in [-0.39, 0.29) is 0 Å². The topological polar surface area (TPSA) is 24.4 Å². The quantitative estimate of drug-likeness (QED) is 0.220. The van der Waals surface area contributed by atoms with Crippen LogP contribution in [0.4, 0.5) is 0 Å². The molecule has 1 N–H and O–H groups in total. The van der Waals surface area contributed by atoms with Crippen molar-refractivity contribution < 1.29 is 0 Å². The maximum atomic E-state index is 4.68. The molecular weight excluding hydrogens is 407 g/mol. The maximum Gasteiger partial charge on any atom is 0.138 e. The van der Waals surface area contributed by atoms with Crippen LogP contribution in [0.5, 0.6) is 0 Å². The van der Waals surface area contributed by atoms with Gasteiger partial charge in [-0.25, -0.2) is 0 Å². The van der Waals surface area contributed by atoms with Crippen LogP contribution in [-0.4, -0.2) is 5.71 Å². The van der Waals surface area contributed by atoms with Crippen LogP contribution in [0.25, 0.3) is 0 Å². The molecule has 0 saturated carbocycles. The second kappa shape index (κ2) is 10.2. The molecule has 0 aliphatic carbocycles. The Morgan fingerprint density at radius 3 is 1.38 bits per heavy atom. The van der Waals surface area contributed by atoms with Crippen LogP contribution in [0.2, 0.25) is 0 Å². The Morgan fingerprint density at radius 1 is 0.594 bits per heavy atom. The molecule has 0 heterocycles. The first-order valence-electron chi connectivity index (χ1n) is 10.8. The van der Waals surface area contributed by atoms with Gasteiger partial charge < -0.3 is 0 Å². The first-order valence-corrected chi connectivity index (χ1v) is 12.7. The molecular formula is C29H28N2P+. The van der Waals surface area contributed by atoms with E-state index >= 15 is 0 Å². The molecule has 0 atom stereocenters. The van der Waals surface area contributed by atoms with Crippen molar-refractivity contribution in [2.75, 3.05) is 0 Å². The van der Waals surface area contributed by atoms with Gasteiger partial charge in [0, 0.05) is 0 Å². The van der Waals surface area contributed by atoms with Gasteiger partial charge in [-0.15, -0.1) is 0 Å². The van der Waals surface area contributed by atoms with Crippen molar-refractivity contribution in [2.45, 2.75) is 13.8 Å². The van der Waals surface area contributed by atoms with E-state index in [4.69, 9.17) is 0 Å². The van der Waals surface area contributed by atoms with E-state index in [1.54, 1.807) is 0 Å². The standard InChI is InChI=1S/C29H28N2P/c1-24(30-31-25(2)26-15-7-3-8-16-26)23-32(27-17-9-4-10-18-27,28-19-11-5-12-20-28)29-21-13-6-14-22-29/h3-23,30H,1-2H3/q+1/b24-23?,31-25+. The van der Waals surface area contributed by atoms with E-state index < -0.39 is 7.26 Å². The van der Waals surface area contributed by atoms with Crippen molar-refractivity contribution in [1.29, 1.82) is 0 Å². The predicted molar refractivity (Wildman–Crippen MR) is 141 cm³/mol. The van der Waals surface area contributed by atoms with Crippen LogP contribution in [0.15, 0.2) is 138 Å². The highest BCUT2D eigenvalue weighted by atomic mass is 31.2. The molecule has 32 heavy (non-hydrogen) atoms. The number of hydrazone groups is 1. The van der Waals surface area contributed by atoms with Crippen molar-refractivity contribution in [2.24, 2.45) is 5.10 Å². The van der Waals surface area contributed by atoms with Gasteiger partial charge in [0.25, 0.3) is 0 Å². The van der Waals surface area contributed by atoms with Crippen molar-refractivity contribution >= 4 is 28.9 Å². The molecule has 158 valence electrons. The minimum atomic E-state index is -2.04. The lowest BCUT2D eigenvalue weighted by molar-refractivity contribution is 0.889. The van der Waals surface area contributed by atoms with Crippen molar-refractivity contribution in [3.05, 3.63) is 138 Å². The van der Waals surface area contributed by atoms with Gasteiger partial charge in [0.1, 0.15) is 23.2 Å².